The molecule has 0 aliphatic carbocycles. The van der Waals surface area contributed by atoms with Gasteiger partial charge in [-0.15, -0.1) is 0 Å². The van der Waals surface area contributed by atoms with Gasteiger partial charge in [-0.05, 0) is 24.6 Å². The lowest BCUT2D eigenvalue weighted by Gasteiger charge is -2.02. The van der Waals surface area contributed by atoms with E-state index in [-0.39, 0.29) is 0 Å². The van der Waals surface area contributed by atoms with Gasteiger partial charge in [-0.2, -0.15) is 0 Å². The number of hydrogen-bond donors (Lipinski definition) is 1. The third-order valence-corrected chi connectivity index (χ3v) is 4.84. The molecule has 1 aromatic carbocycles. The Balaban J connectivity index is 1.92. The first-order chi connectivity index (χ1) is 11.8. The molecule has 4 nitrogen and oxygen atoms in total. The van der Waals surface area contributed by atoms with Crippen LogP contribution in [0.3, 0.4) is 0 Å². The van der Waals surface area contributed by atoms with Crippen molar-refractivity contribution < 1.29 is 0 Å². The Morgan fingerprint density at radius 2 is 1.96 bits per heavy atom. The molecule has 2 heterocycles. The Hall–Kier alpha value is -1.85. The highest BCUT2D eigenvalue weighted by molar-refractivity contribution is 7.99. The van der Waals surface area contributed by atoms with Crippen molar-refractivity contribution in [1.29, 1.82) is 0 Å². The zero-order valence-corrected chi connectivity index (χ0v) is 15.1. The summed E-state index contributed by atoms with van der Waals surface area (Å²) in [6, 6.07) is 9.61. The van der Waals surface area contributed by atoms with Crippen LogP contribution in [-0.2, 0) is 0 Å². The molecule has 0 saturated heterocycles. The van der Waals surface area contributed by atoms with Gasteiger partial charge in [0.05, 0.1) is 17.1 Å². The van der Waals surface area contributed by atoms with Crippen LogP contribution in [-0.4, -0.2) is 25.7 Å². The number of halogens is 1. The number of aromatic nitrogens is 4. The second-order valence-electron chi connectivity index (χ2n) is 5.42. The number of imidazole rings is 1. The second kappa shape index (κ2) is 8.31. The van der Waals surface area contributed by atoms with Crippen molar-refractivity contribution in [1.82, 2.24) is 19.9 Å². The van der Waals surface area contributed by atoms with Crippen molar-refractivity contribution in [2.24, 2.45) is 0 Å². The lowest BCUT2D eigenvalue weighted by Crippen LogP contribution is -1.87. The van der Waals surface area contributed by atoms with Gasteiger partial charge in [0.25, 0.3) is 0 Å². The zero-order valence-electron chi connectivity index (χ0n) is 13.5. The Morgan fingerprint density at radius 1 is 1.12 bits per heavy atom. The minimum absolute atomic E-state index is 0.715. The monoisotopic (exact) mass is 358 g/mol. The molecule has 0 saturated carbocycles. The zero-order chi connectivity index (χ0) is 16.8. The molecule has 0 radical (unpaired) electrons. The number of unbranched alkanes of at least 4 members (excludes halogenated alkanes) is 2. The van der Waals surface area contributed by atoms with Gasteiger partial charge in [-0.1, -0.05) is 55.3 Å². The molecule has 0 amide bonds. The number of thioether (sulfide) groups is 1. The van der Waals surface area contributed by atoms with Gasteiger partial charge in [0, 0.05) is 22.5 Å². The molecule has 3 rings (SSSR count). The van der Waals surface area contributed by atoms with E-state index in [2.05, 4.69) is 21.9 Å². The second-order valence-corrected chi connectivity index (χ2v) is 6.94. The van der Waals surface area contributed by atoms with Crippen molar-refractivity contribution in [3.8, 4) is 22.6 Å². The van der Waals surface area contributed by atoms with Crippen LogP contribution in [0.25, 0.3) is 22.6 Å². The van der Waals surface area contributed by atoms with Crippen LogP contribution in [0.4, 0.5) is 0 Å². The minimum atomic E-state index is 0.715. The van der Waals surface area contributed by atoms with Crippen LogP contribution >= 0.6 is 23.4 Å². The number of rotatable bonds is 7. The summed E-state index contributed by atoms with van der Waals surface area (Å²) in [5.74, 6) is 1.06. The molecule has 3 aromatic rings. The van der Waals surface area contributed by atoms with E-state index in [0.717, 1.165) is 33.6 Å². The lowest BCUT2D eigenvalue weighted by atomic mass is 10.1. The molecule has 2 aromatic heterocycles. The molecule has 0 bridgehead atoms. The van der Waals surface area contributed by atoms with Crippen LogP contribution in [0.5, 0.6) is 0 Å². The highest BCUT2D eigenvalue weighted by atomic mass is 35.5. The largest absolute Gasteiger partial charge is 0.331 e. The number of hydrogen-bond acceptors (Lipinski definition) is 4. The van der Waals surface area contributed by atoms with Gasteiger partial charge in [-0.25, -0.2) is 15.0 Å². The highest BCUT2D eigenvalue weighted by Crippen LogP contribution is 2.32. The smallest absolute Gasteiger partial charge is 0.166 e. The molecular formula is C18H19ClN4S. The van der Waals surface area contributed by atoms with E-state index in [1.165, 1.54) is 19.3 Å². The average molecular weight is 359 g/mol. The Bertz CT molecular complexity index is 771. The standard InChI is InChI=1S/C18H19ClN4S/c1-2-3-4-11-24-18-22-16(13-5-7-14(19)8-6-13)17(23-18)15-9-10-20-12-21-15/h5-10,12H,2-4,11H2,1H3,(H,22,23). The van der Waals surface area contributed by atoms with Crippen molar-refractivity contribution in [3.05, 3.63) is 47.9 Å². The Labute approximate surface area is 151 Å². The van der Waals surface area contributed by atoms with E-state index in [1.54, 1.807) is 24.3 Å². The summed E-state index contributed by atoms with van der Waals surface area (Å²) >= 11 is 7.76. The van der Waals surface area contributed by atoms with Crippen LogP contribution in [0, 0.1) is 0 Å². The number of nitrogens with zero attached hydrogens (tertiary/aromatic N) is 3. The van der Waals surface area contributed by atoms with E-state index in [4.69, 9.17) is 16.6 Å². The third kappa shape index (κ3) is 4.16. The molecule has 0 spiro atoms. The average Bonchev–Trinajstić information content (AvgIpc) is 3.04. The highest BCUT2D eigenvalue weighted by Gasteiger charge is 2.15. The number of aromatic amines is 1. The minimum Gasteiger partial charge on any atom is -0.331 e. The van der Waals surface area contributed by atoms with Crippen LogP contribution in [0.1, 0.15) is 26.2 Å². The van der Waals surface area contributed by atoms with Gasteiger partial charge in [0.2, 0.25) is 0 Å². The maximum Gasteiger partial charge on any atom is 0.166 e. The number of benzene rings is 1. The Kier molecular flexibility index (Phi) is 5.88. The number of nitrogens with one attached hydrogen (secondary N) is 1. The maximum absolute atomic E-state index is 6.01. The fourth-order valence-corrected chi connectivity index (χ4v) is 3.38. The summed E-state index contributed by atoms with van der Waals surface area (Å²) in [6.45, 7) is 2.21. The van der Waals surface area contributed by atoms with E-state index in [1.807, 2.05) is 30.3 Å². The topological polar surface area (TPSA) is 54.5 Å². The van der Waals surface area contributed by atoms with E-state index < -0.39 is 0 Å². The van der Waals surface area contributed by atoms with Crippen LogP contribution in [0.15, 0.2) is 48.0 Å². The first-order valence-corrected chi connectivity index (χ1v) is 9.39. The summed E-state index contributed by atoms with van der Waals surface area (Å²) in [7, 11) is 0. The molecule has 0 aliphatic rings. The van der Waals surface area contributed by atoms with Gasteiger partial charge in [-0.3, -0.25) is 0 Å². The first kappa shape index (κ1) is 17.0. The number of H-pyrrole nitrogens is 1. The van der Waals surface area contributed by atoms with Crippen LogP contribution in [0.2, 0.25) is 5.02 Å². The predicted octanol–water partition coefficient (Wildman–Crippen LogP) is 5.47. The van der Waals surface area contributed by atoms with Crippen molar-refractivity contribution in [2.45, 2.75) is 31.3 Å². The quantitative estimate of drug-likeness (QED) is 0.449. The van der Waals surface area contributed by atoms with Gasteiger partial charge >= 0.3 is 0 Å². The van der Waals surface area contributed by atoms with Crippen LogP contribution < -0.4 is 0 Å². The third-order valence-electron chi connectivity index (χ3n) is 3.62. The summed E-state index contributed by atoms with van der Waals surface area (Å²) < 4.78 is 0. The molecule has 0 fully saturated rings. The molecular weight excluding hydrogens is 340 g/mol. The van der Waals surface area contributed by atoms with Gasteiger partial charge in [0.1, 0.15) is 6.33 Å². The summed E-state index contributed by atoms with van der Waals surface area (Å²) in [5, 5.41) is 1.64. The molecule has 0 unspecified atom stereocenters. The van der Waals surface area contributed by atoms with Crippen molar-refractivity contribution in [2.75, 3.05) is 5.75 Å². The van der Waals surface area contributed by atoms with E-state index in [9.17, 15) is 0 Å². The lowest BCUT2D eigenvalue weighted by molar-refractivity contribution is 0.777. The van der Waals surface area contributed by atoms with E-state index >= 15 is 0 Å². The van der Waals surface area contributed by atoms with Crippen molar-refractivity contribution >= 4 is 23.4 Å². The summed E-state index contributed by atoms with van der Waals surface area (Å²) in [4.78, 5) is 16.6. The summed E-state index contributed by atoms with van der Waals surface area (Å²) in [6.07, 6.45) is 6.96. The van der Waals surface area contributed by atoms with Gasteiger partial charge < -0.3 is 4.98 Å². The predicted molar refractivity (Wildman–Crippen MR) is 100 cm³/mol. The Morgan fingerprint density at radius 3 is 2.67 bits per heavy atom. The molecule has 1 N–H and O–H groups in total. The van der Waals surface area contributed by atoms with Gasteiger partial charge in [0.15, 0.2) is 5.16 Å². The SMILES string of the molecule is CCCCCSc1nc(-c2ccc(Cl)cc2)c(-c2ccncn2)[nH]1. The molecule has 0 aliphatic heterocycles. The first-order valence-electron chi connectivity index (χ1n) is 8.03. The summed E-state index contributed by atoms with van der Waals surface area (Å²) in [5.41, 5.74) is 3.66. The molecule has 124 valence electrons. The fourth-order valence-electron chi connectivity index (χ4n) is 2.38. The molecule has 6 heteroatoms. The maximum atomic E-state index is 6.01. The normalized spacial score (nSPS) is 10.9. The van der Waals surface area contributed by atoms with E-state index in [0.29, 0.717) is 5.02 Å². The molecule has 24 heavy (non-hydrogen) atoms. The molecule has 0 atom stereocenters. The fraction of sp³-hybridized carbons (Fsp3) is 0.278. The van der Waals surface area contributed by atoms with Crippen molar-refractivity contribution in [3.63, 3.8) is 0 Å².